The highest BCUT2D eigenvalue weighted by Crippen LogP contribution is 2.23. The van der Waals surface area contributed by atoms with Crippen LogP contribution in [0.1, 0.15) is 17.3 Å². The molecule has 0 atom stereocenters. The quantitative estimate of drug-likeness (QED) is 0.359. The fourth-order valence-electron chi connectivity index (χ4n) is 1.74. The molecule has 0 radical (unpaired) electrons. The van der Waals surface area contributed by atoms with E-state index in [0.717, 1.165) is 49.4 Å². The molecule has 0 fully saturated rings. The number of non-ortho nitro benzene ring substituents is 1. The van der Waals surface area contributed by atoms with E-state index in [1.54, 1.807) is 0 Å². The summed E-state index contributed by atoms with van der Waals surface area (Å²) in [6.07, 6.45) is 0. The van der Waals surface area contributed by atoms with Gasteiger partial charge in [0.05, 0.1) is 10.5 Å². The number of nitro benzene ring substituents is 1. The first kappa shape index (κ1) is 16.6. The number of halogens is 1. The molecule has 0 aliphatic heterocycles. The number of hydrogen-bond acceptors (Lipinski definition) is 6. The number of carbonyl (C=O) groups is 1. The Kier molecular flexibility index (Phi) is 4.41. The third-order valence-electron chi connectivity index (χ3n) is 2.86. The van der Waals surface area contributed by atoms with Crippen LogP contribution in [0, 0.1) is 15.9 Å². The largest absolute Gasteiger partial charge is 0.379 e. The van der Waals surface area contributed by atoms with Crippen molar-refractivity contribution in [2.75, 3.05) is 0 Å². The Morgan fingerprint density at radius 2 is 1.78 bits per heavy atom. The summed E-state index contributed by atoms with van der Waals surface area (Å²) < 4.78 is 42.4. The molecule has 0 bridgehead atoms. The second kappa shape index (κ2) is 6.13. The maximum Gasteiger partial charge on any atom is 0.339 e. The molecule has 9 heteroatoms. The molecule has 0 aromatic heterocycles. The van der Waals surface area contributed by atoms with Crippen LogP contribution >= 0.6 is 0 Å². The van der Waals surface area contributed by atoms with E-state index < -0.39 is 26.6 Å². The molecule has 23 heavy (non-hydrogen) atoms. The van der Waals surface area contributed by atoms with Crippen LogP contribution in [0.2, 0.25) is 0 Å². The van der Waals surface area contributed by atoms with Gasteiger partial charge in [-0.3, -0.25) is 14.9 Å². The lowest BCUT2D eigenvalue weighted by Crippen LogP contribution is -2.10. The molecule has 0 aliphatic carbocycles. The van der Waals surface area contributed by atoms with Gasteiger partial charge in [0.2, 0.25) is 0 Å². The topological polar surface area (TPSA) is 104 Å². The van der Waals surface area contributed by atoms with Gasteiger partial charge in [0, 0.05) is 12.1 Å². The summed E-state index contributed by atoms with van der Waals surface area (Å²) in [5.74, 6) is -1.62. The molecular weight excluding hydrogens is 329 g/mol. The lowest BCUT2D eigenvalue weighted by molar-refractivity contribution is -0.384. The van der Waals surface area contributed by atoms with Crippen LogP contribution in [0.25, 0.3) is 0 Å². The highest BCUT2D eigenvalue weighted by molar-refractivity contribution is 7.87. The lowest BCUT2D eigenvalue weighted by atomic mass is 10.1. The Bertz CT molecular complexity index is 877. The van der Waals surface area contributed by atoms with E-state index >= 15 is 0 Å². The smallest absolute Gasteiger partial charge is 0.339 e. The van der Waals surface area contributed by atoms with E-state index in [1.165, 1.54) is 0 Å². The number of carbonyl (C=O) groups excluding carboxylic acids is 1. The molecule has 0 saturated carbocycles. The molecule has 7 nitrogen and oxygen atoms in total. The Balaban J connectivity index is 2.33. The zero-order chi connectivity index (χ0) is 17.2. The van der Waals surface area contributed by atoms with Crippen LogP contribution in [0.15, 0.2) is 47.4 Å². The van der Waals surface area contributed by atoms with Crippen molar-refractivity contribution >= 4 is 21.6 Å². The number of hydrogen-bond donors (Lipinski definition) is 0. The van der Waals surface area contributed by atoms with E-state index in [4.69, 9.17) is 4.18 Å². The second-order valence-electron chi connectivity index (χ2n) is 4.49. The average Bonchev–Trinajstić information content (AvgIpc) is 2.48. The van der Waals surface area contributed by atoms with Gasteiger partial charge in [0.1, 0.15) is 16.5 Å². The number of ketones is 1. The predicted octanol–water partition coefficient (Wildman–Crippen LogP) is 2.70. The maximum atomic E-state index is 13.4. The second-order valence-corrected chi connectivity index (χ2v) is 6.03. The molecule has 0 saturated heterocycles. The van der Waals surface area contributed by atoms with Gasteiger partial charge in [-0.2, -0.15) is 8.42 Å². The fourth-order valence-corrected chi connectivity index (χ4v) is 2.66. The van der Waals surface area contributed by atoms with Gasteiger partial charge in [-0.25, -0.2) is 4.39 Å². The summed E-state index contributed by atoms with van der Waals surface area (Å²) in [5, 5.41) is 10.5. The van der Waals surface area contributed by atoms with E-state index in [2.05, 4.69) is 0 Å². The Hall–Kier alpha value is -2.81. The summed E-state index contributed by atoms with van der Waals surface area (Å²) in [6, 6.07) is 7.01. The van der Waals surface area contributed by atoms with Crippen molar-refractivity contribution < 1.29 is 26.7 Å². The van der Waals surface area contributed by atoms with Crippen LogP contribution in [0.3, 0.4) is 0 Å². The van der Waals surface area contributed by atoms with E-state index in [0.29, 0.717) is 0 Å². The molecule has 0 heterocycles. The maximum absolute atomic E-state index is 13.4. The van der Waals surface area contributed by atoms with Crippen molar-refractivity contribution in [2.24, 2.45) is 0 Å². The van der Waals surface area contributed by atoms with Gasteiger partial charge in [0.25, 0.3) is 5.69 Å². The van der Waals surface area contributed by atoms with Crippen molar-refractivity contribution in [3.05, 3.63) is 64.0 Å². The van der Waals surface area contributed by atoms with Crippen molar-refractivity contribution in [3.63, 3.8) is 0 Å². The Morgan fingerprint density at radius 3 is 2.30 bits per heavy atom. The molecule has 120 valence electrons. The predicted molar refractivity (Wildman–Crippen MR) is 77.3 cm³/mol. The summed E-state index contributed by atoms with van der Waals surface area (Å²) in [6.45, 7) is 1.13. The first-order valence-corrected chi connectivity index (χ1v) is 7.61. The number of benzene rings is 2. The first-order valence-electron chi connectivity index (χ1n) is 6.20. The molecule has 0 unspecified atom stereocenters. The first-order chi connectivity index (χ1) is 10.7. The lowest BCUT2D eigenvalue weighted by Gasteiger charge is -2.08. The Labute approximate surface area is 130 Å². The molecular formula is C14H10FNO6S. The van der Waals surface area contributed by atoms with Crippen LogP contribution < -0.4 is 4.18 Å². The zero-order valence-corrected chi connectivity index (χ0v) is 12.5. The Morgan fingerprint density at radius 1 is 1.17 bits per heavy atom. The number of Topliss-reactive ketones (excluding diaryl/α,β-unsaturated/α-hetero) is 1. The SMILES string of the molecule is CC(=O)c1cc(OS(=O)(=O)c2ccc([N+](=O)[O-])cc2)ccc1F. The summed E-state index contributed by atoms with van der Waals surface area (Å²) in [4.78, 5) is 20.8. The van der Waals surface area contributed by atoms with Crippen molar-refractivity contribution in [1.82, 2.24) is 0 Å². The molecule has 2 aromatic rings. The van der Waals surface area contributed by atoms with Gasteiger partial charge >= 0.3 is 10.1 Å². The average molecular weight is 339 g/mol. The van der Waals surface area contributed by atoms with Crippen molar-refractivity contribution in [3.8, 4) is 5.75 Å². The van der Waals surface area contributed by atoms with E-state index in [-0.39, 0.29) is 21.9 Å². The van der Waals surface area contributed by atoms with Crippen molar-refractivity contribution in [2.45, 2.75) is 11.8 Å². The minimum Gasteiger partial charge on any atom is -0.379 e. The minimum atomic E-state index is -4.27. The normalized spacial score (nSPS) is 11.0. The number of nitro groups is 1. The van der Waals surface area contributed by atoms with Gasteiger partial charge in [0.15, 0.2) is 5.78 Å². The molecule has 0 spiro atoms. The van der Waals surface area contributed by atoms with Gasteiger partial charge in [-0.1, -0.05) is 0 Å². The van der Waals surface area contributed by atoms with Crippen LogP contribution in [-0.4, -0.2) is 19.1 Å². The molecule has 2 aromatic carbocycles. The highest BCUT2D eigenvalue weighted by atomic mass is 32.2. The molecule has 0 amide bonds. The molecule has 0 aliphatic rings. The van der Waals surface area contributed by atoms with E-state index in [9.17, 15) is 27.7 Å². The minimum absolute atomic E-state index is 0.241. The number of rotatable bonds is 5. The van der Waals surface area contributed by atoms with Crippen LogP contribution in [0.4, 0.5) is 10.1 Å². The standard InChI is InChI=1S/C14H10FNO6S/c1-9(17)13-8-11(4-7-14(13)15)22-23(20,21)12-5-2-10(3-6-12)16(18)19/h2-8H,1H3. The third-order valence-corrected chi connectivity index (χ3v) is 4.12. The highest BCUT2D eigenvalue weighted by Gasteiger charge is 2.19. The third kappa shape index (κ3) is 3.69. The molecule has 2 rings (SSSR count). The van der Waals surface area contributed by atoms with Crippen LogP contribution in [-0.2, 0) is 10.1 Å². The monoisotopic (exact) mass is 339 g/mol. The van der Waals surface area contributed by atoms with Crippen molar-refractivity contribution in [1.29, 1.82) is 0 Å². The molecule has 0 N–H and O–H groups in total. The van der Waals surface area contributed by atoms with Gasteiger partial charge in [-0.15, -0.1) is 0 Å². The summed E-state index contributed by atoms with van der Waals surface area (Å²) in [5.41, 5.74) is -0.578. The van der Waals surface area contributed by atoms with Gasteiger partial charge < -0.3 is 4.18 Å². The summed E-state index contributed by atoms with van der Waals surface area (Å²) in [7, 11) is -4.27. The summed E-state index contributed by atoms with van der Waals surface area (Å²) >= 11 is 0. The van der Waals surface area contributed by atoms with Gasteiger partial charge in [-0.05, 0) is 37.3 Å². The van der Waals surface area contributed by atoms with E-state index in [1.807, 2.05) is 0 Å². The zero-order valence-electron chi connectivity index (χ0n) is 11.7. The fraction of sp³-hybridized carbons (Fsp3) is 0.0714. The number of nitrogens with zero attached hydrogens (tertiary/aromatic N) is 1. The van der Waals surface area contributed by atoms with Crippen LogP contribution in [0.5, 0.6) is 5.75 Å².